The highest BCUT2D eigenvalue weighted by Gasteiger charge is 2.05. The van der Waals surface area contributed by atoms with Crippen molar-refractivity contribution in [1.82, 2.24) is 5.32 Å². The largest absolute Gasteiger partial charge is 0.383 e. The van der Waals surface area contributed by atoms with Crippen LogP contribution >= 0.6 is 0 Å². The molecule has 0 saturated heterocycles. The van der Waals surface area contributed by atoms with Gasteiger partial charge in [0.2, 0.25) is 5.91 Å². The topological polar surface area (TPSA) is 50.4 Å². The second-order valence-corrected chi connectivity index (χ2v) is 4.47. The van der Waals surface area contributed by atoms with Gasteiger partial charge in [-0.2, -0.15) is 0 Å². The Bertz CT molecular complexity index is 393. The van der Waals surface area contributed by atoms with Gasteiger partial charge in [-0.3, -0.25) is 4.79 Å². The lowest BCUT2D eigenvalue weighted by Crippen LogP contribution is -2.32. The highest BCUT2D eigenvalue weighted by Crippen LogP contribution is 2.21. The number of amides is 1. The number of carbonyl (C=O) groups is 1. The Labute approximate surface area is 109 Å². The Morgan fingerprint density at radius 3 is 2.39 bits per heavy atom. The third kappa shape index (κ3) is 4.37. The number of hydrogen-bond donors (Lipinski definition) is 2. The lowest BCUT2D eigenvalue weighted by atomic mass is 10.1. The second-order valence-electron chi connectivity index (χ2n) is 4.47. The maximum atomic E-state index is 11.6. The average Bonchev–Trinajstić information content (AvgIpc) is 2.27. The van der Waals surface area contributed by atoms with E-state index in [1.807, 2.05) is 13.8 Å². The molecule has 0 unspecified atom stereocenters. The molecule has 4 nitrogen and oxygen atoms in total. The molecule has 1 aromatic carbocycles. The predicted octanol–water partition coefficient (Wildman–Crippen LogP) is 1.79. The van der Waals surface area contributed by atoms with Crippen molar-refractivity contribution >= 4 is 11.6 Å². The summed E-state index contributed by atoms with van der Waals surface area (Å²) < 4.78 is 4.87. The number of methoxy groups -OCH3 is 1. The van der Waals surface area contributed by atoms with Gasteiger partial charge in [-0.15, -0.1) is 0 Å². The third-order valence-corrected chi connectivity index (χ3v) is 2.73. The first kappa shape index (κ1) is 14.5. The molecular formula is C14H22N2O2. The highest BCUT2D eigenvalue weighted by atomic mass is 16.5. The van der Waals surface area contributed by atoms with Gasteiger partial charge in [0.15, 0.2) is 0 Å². The first-order chi connectivity index (χ1) is 8.54. The standard InChI is InChI=1S/C14H22N2O2/c1-10-7-11(2)14(12(3)8-10)16-9-13(17)15-5-6-18-4/h7-8,16H,5-6,9H2,1-4H3,(H,15,17). The number of hydrogen-bond acceptors (Lipinski definition) is 3. The number of carbonyl (C=O) groups excluding carboxylic acids is 1. The molecular weight excluding hydrogens is 228 g/mol. The molecule has 0 bridgehead atoms. The van der Waals surface area contributed by atoms with Crippen LogP contribution in [0.3, 0.4) is 0 Å². The summed E-state index contributed by atoms with van der Waals surface area (Å²) in [6, 6.07) is 4.22. The normalized spacial score (nSPS) is 10.2. The van der Waals surface area contributed by atoms with Crippen LogP contribution < -0.4 is 10.6 Å². The van der Waals surface area contributed by atoms with Crippen molar-refractivity contribution in [1.29, 1.82) is 0 Å². The van der Waals surface area contributed by atoms with E-state index in [9.17, 15) is 4.79 Å². The van der Waals surface area contributed by atoms with Gasteiger partial charge in [0, 0.05) is 19.3 Å². The maximum Gasteiger partial charge on any atom is 0.239 e. The Hall–Kier alpha value is -1.55. The first-order valence-electron chi connectivity index (χ1n) is 6.12. The summed E-state index contributed by atoms with van der Waals surface area (Å²) in [5.74, 6) is -0.0218. The van der Waals surface area contributed by atoms with Crippen LogP contribution in [0.4, 0.5) is 5.69 Å². The molecule has 2 N–H and O–H groups in total. The van der Waals surface area contributed by atoms with Crippen LogP contribution in [0.2, 0.25) is 0 Å². The van der Waals surface area contributed by atoms with E-state index in [0.29, 0.717) is 13.2 Å². The van der Waals surface area contributed by atoms with Gasteiger partial charge in [0.05, 0.1) is 13.2 Å². The van der Waals surface area contributed by atoms with Crippen LogP contribution in [0, 0.1) is 20.8 Å². The zero-order valence-electron chi connectivity index (χ0n) is 11.6. The van der Waals surface area contributed by atoms with Crippen molar-refractivity contribution < 1.29 is 9.53 Å². The van der Waals surface area contributed by atoms with E-state index < -0.39 is 0 Å². The molecule has 0 spiro atoms. The van der Waals surface area contributed by atoms with Crippen LogP contribution in [0.15, 0.2) is 12.1 Å². The van der Waals surface area contributed by atoms with Gasteiger partial charge in [0.25, 0.3) is 0 Å². The number of ether oxygens (including phenoxy) is 1. The fourth-order valence-corrected chi connectivity index (χ4v) is 1.98. The summed E-state index contributed by atoms with van der Waals surface area (Å²) >= 11 is 0. The van der Waals surface area contributed by atoms with E-state index in [1.54, 1.807) is 7.11 Å². The lowest BCUT2D eigenvalue weighted by Gasteiger charge is -2.13. The Kier molecular flexibility index (Phi) is 5.65. The number of benzene rings is 1. The quantitative estimate of drug-likeness (QED) is 0.757. The van der Waals surface area contributed by atoms with Gasteiger partial charge in [0.1, 0.15) is 0 Å². The first-order valence-corrected chi connectivity index (χ1v) is 6.12. The molecule has 0 aromatic heterocycles. The minimum absolute atomic E-state index is 0.0218. The molecule has 4 heteroatoms. The molecule has 0 heterocycles. The summed E-state index contributed by atoms with van der Waals surface area (Å²) in [6.45, 7) is 7.53. The molecule has 1 rings (SSSR count). The molecule has 1 aromatic rings. The van der Waals surface area contributed by atoms with Crippen LogP contribution in [-0.4, -0.2) is 32.7 Å². The number of anilines is 1. The van der Waals surface area contributed by atoms with E-state index in [-0.39, 0.29) is 12.5 Å². The van der Waals surface area contributed by atoms with Crippen molar-refractivity contribution in [2.24, 2.45) is 0 Å². The maximum absolute atomic E-state index is 11.6. The molecule has 1 amide bonds. The van der Waals surface area contributed by atoms with Gasteiger partial charge in [-0.25, -0.2) is 0 Å². The van der Waals surface area contributed by atoms with Gasteiger partial charge in [-0.05, 0) is 31.9 Å². The second kappa shape index (κ2) is 7.01. The number of rotatable bonds is 6. The van der Waals surface area contributed by atoms with Crippen LogP contribution in [0.1, 0.15) is 16.7 Å². The Morgan fingerprint density at radius 1 is 1.22 bits per heavy atom. The van der Waals surface area contributed by atoms with Gasteiger partial charge < -0.3 is 15.4 Å². The summed E-state index contributed by atoms with van der Waals surface area (Å²) in [5, 5.41) is 5.96. The smallest absolute Gasteiger partial charge is 0.239 e. The van der Waals surface area contributed by atoms with E-state index >= 15 is 0 Å². The van der Waals surface area contributed by atoms with E-state index in [4.69, 9.17) is 4.74 Å². The van der Waals surface area contributed by atoms with Crippen molar-refractivity contribution in [2.75, 3.05) is 32.1 Å². The molecule has 0 fully saturated rings. The van der Waals surface area contributed by atoms with E-state index in [0.717, 1.165) is 16.8 Å². The van der Waals surface area contributed by atoms with Crippen molar-refractivity contribution in [3.05, 3.63) is 28.8 Å². The summed E-state index contributed by atoms with van der Waals surface area (Å²) in [6.07, 6.45) is 0. The number of nitrogens with one attached hydrogen (secondary N) is 2. The Morgan fingerprint density at radius 2 is 1.83 bits per heavy atom. The molecule has 18 heavy (non-hydrogen) atoms. The summed E-state index contributed by atoms with van der Waals surface area (Å²) in [4.78, 5) is 11.6. The zero-order chi connectivity index (χ0) is 13.5. The van der Waals surface area contributed by atoms with E-state index in [1.165, 1.54) is 5.56 Å². The molecule has 0 aliphatic rings. The highest BCUT2D eigenvalue weighted by molar-refractivity contribution is 5.81. The van der Waals surface area contributed by atoms with E-state index in [2.05, 4.69) is 29.7 Å². The average molecular weight is 250 g/mol. The van der Waals surface area contributed by atoms with Gasteiger partial charge in [-0.1, -0.05) is 17.7 Å². The van der Waals surface area contributed by atoms with Crippen LogP contribution in [0.5, 0.6) is 0 Å². The van der Waals surface area contributed by atoms with Crippen molar-refractivity contribution in [3.8, 4) is 0 Å². The number of aryl methyl sites for hydroxylation is 3. The molecule has 0 atom stereocenters. The minimum atomic E-state index is -0.0218. The Balaban J connectivity index is 2.51. The molecule has 100 valence electrons. The van der Waals surface area contributed by atoms with Crippen molar-refractivity contribution in [2.45, 2.75) is 20.8 Å². The molecule has 0 aliphatic heterocycles. The third-order valence-electron chi connectivity index (χ3n) is 2.73. The zero-order valence-corrected chi connectivity index (χ0v) is 11.6. The van der Waals surface area contributed by atoms with Gasteiger partial charge >= 0.3 is 0 Å². The van der Waals surface area contributed by atoms with Crippen molar-refractivity contribution in [3.63, 3.8) is 0 Å². The summed E-state index contributed by atoms with van der Waals surface area (Å²) in [5.41, 5.74) is 4.61. The molecule has 0 aliphatic carbocycles. The van der Waals surface area contributed by atoms with Crippen LogP contribution in [-0.2, 0) is 9.53 Å². The minimum Gasteiger partial charge on any atom is -0.383 e. The SMILES string of the molecule is COCCNC(=O)CNc1c(C)cc(C)cc1C. The van der Waals surface area contributed by atoms with Crippen LogP contribution in [0.25, 0.3) is 0 Å². The monoisotopic (exact) mass is 250 g/mol. The molecule has 0 saturated carbocycles. The lowest BCUT2D eigenvalue weighted by molar-refractivity contribution is -0.119. The predicted molar refractivity (Wildman–Crippen MR) is 74.0 cm³/mol. The fourth-order valence-electron chi connectivity index (χ4n) is 1.98. The molecule has 0 radical (unpaired) electrons. The summed E-state index contributed by atoms with van der Waals surface area (Å²) in [7, 11) is 1.61. The fraction of sp³-hybridized carbons (Fsp3) is 0.500.